The second kappa shape index (κ2) is 11.7. The third-order valence-corrected chi connectivity index (χ3v) is 8.30. The molecule has 208 valence electrons. The van der Waals surface area contributed by atoms with Gasteiger partial charge in [0.15, 0.2) is 11.3 Å². The van der Waals surface area contributed by atoms with E-state index in [1.807, 2.05) is 47.0 Å². The van der Waals surface area contributed by atoms with E-state index in [-0.39, 0.29) is 17.9 Å². The summed E-state index contributed by atoms with van der Waals surface area (Å²) in [6.07, 6.45) is 3.59. The number of pyridine rings is 1. The van der Waals surface area contributed by atoms with Gasteiger partial charge in [0.1, 0.15) is 23.2 Å². The molecule has 0 saturated carbocycles. The van der Waals surface area contributed by atoms with Crippen molar-refractivity contribution in [2.75, 3.05) is 19.7 Å². The smallest absolute Gasteiger partial charge is 0.354 e. The van der Waals surface area contributed by atoms with E-state index in [4.69, 9.17) is 37.7 Å². The highest BCUT2D eigenvalue weighted by Crippen LogP contribution is 2.32. The molecule has 2 aromatic carbocycles. The molecule has 2 aliphatic rings. The van der Waals surface area contributed by atoms with Gasteiger partial charge in [0.25, 0.3) is 0 Å². The quantitative estimate of drug-likeness (QED) is 0.265. The lowest BCUT2D eigenvalue weighted by atomic mass is 10.0. The Morgan fingerprint density at radius 2 is 1.80 bits per heavy atom. The lowest BCUT2D eigenvalue weighted by Gasteiger charge is -2.33. The summed E-state index contributed by atoms with van der Waals surface area (Å²) in [5.74, 6) is 0.542. The fraction of sp³-hybridized carbons (Fsp3) is 0.367. The van der Waals surface area contributed by atoms with E-state index in [0.29, 0.717) is 46.5 Å². The van der Waals surface area contributed by atoms with Crippen molar-refractivity contribution in [1.29, 1.82) is 0 Å². The Morgan fingerprint density at radius 3 is 2.50 bits per heavy atom. The summed E-state index contributed by atoms with van der Waals surface area (Å²) in [5, 5.41) is 10.8. The topological polar surface area (TPSA) is 89.7 Å². The molecule has 2 fully saturated rings. The average molecular weight is 582 g/mol. The Morgan fingerprint density at radius 1 is 1.02 bits per heavy atom. The standard InChI is InChI=1S/C30H30Cl2N4O4/c31-21-6-4-19(5-7-21)16-20-2-1-3-26(28(20)32)40-22-10-13-35(14-11-22)18-27-33-24-8-9-25(30(37)38)34-29(24)36(27)17-23-12-15-39-23/h1-9,22-23H,10-18H2,(H,37,38)/t23-/m0/s1. The zero-order valence-electron chi connectivity index (χ0n) is 21.9. The van der Waals surface area contributed by atoms with Gasteiger partial charge in [-0.3, -0.25) is 4.90 Å². The lowest BCUT2D eigenvalue weighted by Crippen LogP contribution is -2.39. The Balaban J connectivity index is 1.11. The number of aromatic carboxylic acids is 1. The Bertz CT molecular complexity index is 1510. The van der Waals surface area contributed by atoms with Crippen LogP contribution < -0.4 is 4.74 Å². The van der Waals surface area contributed by atoms with Crippen LogP contribution in [-0.2, 0) is 24.2 Å². The number of carbonyl (C=O) groups is 1. The van der Waals surface area contributed by atoms with Gasteiger partial charge < -0.3 is 19.1 Å². The molecule has 2 saturated heterocycles. The molecule has 2 aliphatic heterocycles. The van der Waals surface area contributed by atoms with Gasteiger partial charge in [-0.15, -0.1) is 0 Å². The Hall–Kier alpha value is -3.17. The van der Waals surface area contributed by atoms with Crippen LogP contribution in [0, 0.1) is 0 Å². The van der Waals surface area contributed by atoms with E-state index in [2.05, 4.69) is 9.88 Å². The number of imidazole rings is 1. The first-order chi connectivity index (χ1) is 19.4. The maximum atomic E-state index is 11.5. The maximum Gasteiger partial charge on any atom is 0.354 e. The van der Waals surface area contributed by atoms with Gasteiger partial charge in [-0.1, -0.05) is 47.5 Å². The highest BCUT2D eigenvalue weighted by atomic mass is 35.5. The molecule has 6 rings (SSSR count). The SMILES string of the molecule is O=C(O)c1ccc2nc(CN3CCC(Oc4cccc(Cc5ccc(Cl)cc5)c4Cl)CC3)n(C[C@@H]3CCO3)c2n1. The summed E-state index contributed by atoms with van der Waals surface area (Å²) in [5.41, 5.74) is 3.47. The third kappa shape index (κ3) is 5.95. The van der Waals surface area contributed by atoms with Crippen LogP contribution in [0.3, 0.4) is 0 Å². The molecule has 8 nitrogen and oxygen atoms in total. The predicted octanol–water partition coefficient (Wildman–Crippen LogP) is 5.86. The van der Waals surface area contributed by atoms with Crippen LogP contribution in [0.4, 0.5) is 0 Å². The second-order valence-electron chi connectivity index (χ2n) is 10.4. The van der Waals surface area contributed by atoms with Gasteiger partial charge >= 0.3 is 5.97 Å². The number of hydrogen-bond acceptors (Lipinski definition) is 6. The molecule has 1 atom stereocenters. The van der Waals surface area contributed by atoms with Crippen molar-refractivity contribution in [2.45, 2.75) is 51.0 Å². The van der Waals surface area contributed by atoms with E-state index in [9.17, 15) is 9.90 Å². The summed E-state index contributed by atoms with van der Waals surface area (Å²) in [4.78, 5) is 23.1. The summed E-state index contributed by atoms with van der Waals surface area (Å²) in [7, 11) is 0. The first-order valence-electron chi connectivity index (χ1n) is 13.5. The Labute approximate surface area is 242 Å². The number of halogens is 2. The molecule has 4 aromatic rings. The van der Waals surface area contributed by atoms with E-state index in [1.54, 1.807) is 6.07 Å². The van der Waals surface area contributed by atoms with Crippen LogP contribution in [-0.4, -0.2) is 62.4 Å². The van der Waals surface area contributed by atoms with E-state index < -0.39 is 5.97 Å². The van der Waals surface area contributed by atoms with Crippen molar-refractivity contribution in [2.24, 2.45) is 0 Å². The summed E-state index contributed by atoms with van der Waals surface area (Å²) in [6, 6.07) is 17.0. The van der Waals surface area contributed by atoms with Crippen LogP contribution in [0.25, 0.3) is 11.2 Å². The summed E-state index contributed by atoms with van der Waals surface area (Å²) < 4.78 is 14.1. The van der Waals surface area contributed by atoms with Gasteiger partial charge in [0, 0.05) is 24.7 Å². The molecule has 40 heavy (non-hydrogen) atoms. The first kappa shape index (κ1) is 27.0. The third-order valence-electron chi connectivity index (χ3n) is 7.61. The van der Waals surface area contributed by atoms with Crippen molar-refractivity contribution < 1.29 is 19.4 Å². The number of benzene rings is 2. The molecule has 0 aliphatic carbocycles. The first-order valence-corrected chi connectivity index (χ1v) is 14.3. The van der Waals surface area contributed by atoms with Crippen molar-refractivity contribution in [3.05, 3.63) is 87.3 Å². The minimum Gasteiger partial charge on any atom is -0.489 e. The number of hydrogen-bond donors (Lipinski definition) is 1. The van der Waals surface area contributed by atoms with Crippen molar-refractivity contribution in [1.82, 2.24) is 19.4 Å². The minimum absolute atomic E-state index is 0.0172. The molecular formula is C30H30Cl2N4O4. The number of piperidine rings is 1. The van der Waals surface area contributed by atoms with E-state index >= 15 is 0 Å². The number of rotatable bonds is 9. The molecule has 0 unspecified atom stereocenters. The highest BCUT2D eigenvalue weighted by molar-refractivity contribution is 6.32. The molecule has 1 N–H and O–H groups in total. The number of fused-ring (bicyclic) bond motifs is 1. The van der Waals surface area contributed by atoms with Crippen molar-refractivity contribution in [3.8, 4) is 5.75 Å². The van der Waals surface area contributed by atoms with Gasteiger partial charge in [-0.05, 0) is 67.1 Å². The fourth-order valence-electron chi connectivity index (χ4n) is 5.28. The average Bonchev–Trinajstić information content (AvgIpc) is 3.26. The number of nitrogens with zero attached hydrogens (tertiary/aromatic N) is 4. The minimum atomic E-state index is -1.05. The second-order valence-corrected chi connectivity index (χ2v) is 11.2. The van der Waals surface area contributed by atoms with Crippen LogP contribution in [0.2, 0.25) is 10.0 Å². The zero-order valence-corrected chi connectivity index (χ0v) is 23.4. The lowest BCUT2D eigenvalue weighted by molar-refractivity contribution is -0.0593. The molecule has 0 radical (unpaired) electrons. The van der Waals surface area contributed by atoms with Gasteiger partial charge in [-0.2, -0.15) is 0 Å². The highest BCUT2D eigenvalue weighted by Gasteiger charge is 2.26. The largest absolute Gasteiger partial charge is 0.489 e. The molecule has 0 bridgehead atoms. The summed E-state index contributed by atoms with van der Waals surface area (Å²) >= 11 is 12.8. The van der Waals surface area contributed by atoms with Gasteiger partial charge in [0.05, 0.1) is 24.2 Å². The van der Waals surface area contributed by atoms with E-state index in [0.717, 1.165) is 55.9 Å². The van der Waals surface area contributed by atoms with Gasteiger partial charge in [-0.25, -0.2) is 14.8 Å². The number of carboxylic acid groups (broad SMARTS) is 1. The van der Waals surface area contributed by atoms with Crippen LogP contribution in [0.5, 0.6) is 5.75 Å². The number of likely N-dealkylation sites (tertiary alicyclic amines) is 1. The van der Waals surface area contributed by atoms with Crippen LogP contribution in [0.15, 0.2) is 54.6 Å². The van der Waals surface area contributed by atoms with E-state index in [1.165, 1.54) is 6.07 Å². The fourth-order valence-corrected chi connectivity index (χ4v) is 5.65. The van der Waals surface area contributed by atoms with Crippen LogP contribution in [0.1, 0.15) is 46.7 Å². The molecule has 2 aromatic heterocycles. The monoisotopic (exact) mass is 580 g/mol. The number of carboxylic acids is 1. The normalized spacial score (nSPS) is 18.1. The van der Waals surface area contributed by atoms with Crippen molar-refractivity contribution >= 4 is 40.3 Å². The summed E-state index contributed by atoms with van der Waals surface area (Å²) in [6.45, 7) is 3.72. The molecule has 0 spiro atoms. The maximum absolute atomic E-state index is 11.5. The number of ether oxygens (including phenoxy) is 2. The zero-order chi connectivity index (χ0) is 27.6. The molecule has 4 heterocycles. The van der Waals surface area contributed by atoms with Crippen molar-refractivity contribution in [3.63, 3.8) is 0 Å². The Kier molecular flexibility index (Phi) is 7.94. The predicted molar refractivity (Wildman–Crippen MR) is 153 cm³/mol. The molecule has 10 heteroatoms. The molecular weight excluding hydrogens is 551 g/mol. The van der Waals surface area contributed by atoms with Crippen LogP contribution >= 0.6 is 23.2 Å². The number of aromatic nitrogens is 3. The molecule has 0 amide bonds. The van der Waals surface area contributed by atoms with Gasteiger partial charge in [0.2, 0.25) is 0 Å².